The fraction of sp³-hybridized carbons (Fsp3) is 0.217. The van der Waals surface area contributed by atoms with Crippen LogP contribution in [0.2, 0.25) is 0 Å². The van der Waals surface area contributed by atoms with Crippen LogP contribution >= 0.6 is 15.9 Å². The van der Waals surface area contributed by atoms with Gasteiger partial charge in [0, 0.05) is 24.1 Å². The minimum atomic E-state index is -0.443. The number of hydrogen-bond acceptors (Lipinski definition) is 6. The summed E-state index contributed by atoms with van der Waals surface area (Å²) in [5, 5.41) is 4.33. The number of aryl methyl sites for hydroxylation is 2. The zero-order valence-corrected chi connectivity index (χ0v) is 20.3. The van der Waals surface area contributed by atoms with Crippen LogP contribution < -0.4 is 21.4 Å². The highest BCUT2D eigenvalue weighted by atomic mass is 79.9. The van der Waals surface area contributed by atoms with Crippen LogP contribution in [-0.2, 0) is 20.6 Å². The molecule has 2 aromatic carbocycles. The second kappa shape index (κ2) is 9.07. The molecule has 2 heterocycles. The Morgan fingerprint density at radius 3 is 2.67 bits per heavy atom. The first-order chi connectivity index (χ1) is 15.8. The van der Waals surface area contributed by atoms with E-state index in [9.17, 15) is 9.59 Å². The van der Waals surface area contributed by atoms with E-state index in [0.717, 1.165) is 25.7 Å². The molecule has 4 rings (SSSR count). The van der Waals surface area contributed by atoms with E-state index in [1.165, 1.54) is 11.6 Å². The lowest BCUT2D eigenvalue weighted by molar-refractivity contribution is 0.414. The van der Waals surface area contributed by atoms with Crippen LogP contribution in [0.15, 0.2) is 61.6 Å². The second-order valence-electron chi connectivity index (χ2n) is 7.64. The van der Waals surface area contributed by atoms with Crippen molar-refractivity contribution in [2.75, 3.05) is 12.5 Å². The summed E-state index contributed by atoms with van der Waals surface area (Å²) < 4.78 is 10.4. The van der Waals surface area contributed by atoms with Crippen LogP contribution in [0.3, 0.4) is 0 Å². The molecular weight excluding hydrogens is 488 g/mol. The molecule has 0 amide bonds. The van der Waals surface area contributed by atoms with Crippen LogP contribution in [0.1, 0.15) is 16.7 Å². The van der Waals surface area contributed by atoms with E-state index < -0.39 is 11.2 Å². The van der Waals surface area contributed by atoms with Gasteiger partial charge in [0.15, 0.2) is 11.2 Å². The fourth-order valence-corrected chi connectivity index (χ4v) is 4.02. The van der Waals surface area contributed by atoms with E-state index in [1.807, 2.05) is 49.4 Å². The Bertz CT molecular complexity index is 1500. The maximum absolute atomic E-state index is 13.0. The van der Waals surface area contributed by atoms with E-state index in [1.54, 1.807) is 24.9 Å². The summed E-state index contributed by atoms with van der Waals surface area (Å²) in [6, 6.07) is 13.6. The molecule has 10 heteroatoms. The number of methoxy groups -OCH3 is 1. The molecule has 0 aliphatic carbocycles. The predicted octanol–water partition coefficient (Wildman–Crippen LogP) is 3.01. The summed E-state index contributed by atoms with van der Waals surface area (Å²) in [4.78, 5) is 30.0. The first-order valence-corrected chi connectivity index (χ1v) is 10.9. The van der Waals surface area contributed by atoms with Gasteiger partial charge in [0.2, 0.25) is 5.95 Å². The molecule has 4 aromatic rings. The minimum Gasteiger partial charge on any atom is -0.496 e. The summed E-state index contributed by atoms with van der Waals surface area (Å²) in [5.74, 6) is 1.00. The lowest BCUT2D eigenvalue weighted by Crippen LogP contribution is -2.37. The zero-order valence-electron chi connectivity index (χ0n) is 18.7. The number of nitrogens with one attached hydrogen (secondary N) is 1. The van der Waals surface area contributed by atoms with Crippen molar-refractivity contribution in [3.63, 3.8) is 0 Å². The molecule has 1 N–H and O–H groups in total. The van der Waals surface area contributed by atoms with Crippen LogP contribution in [0.5, 0.6) is 5.75 Å². The number of anilines is 1. The van der Waals surface area contributed by atoms with Crippen molar-refractivity contribution in [3.05, 3.63) is 84.5 Å². The summed E-state index contributed by atoms with van der Waals surface area (Å²) in [5.41, 5.74) is 5.53. The molecule has 2 aromatic heterocycles. The number of hydrazone groups is 1. The van der Waals surface area contributed by atoms with Gasteiger partial charge < -0.3 is 4.74 Å². The van der Waals surface area contributed by atoms with Crippen molar-refractivity contribution in [3.8, 4) is 5.75 Å². The Morgan fingerprint density at radius 1 is 1.15 bits per heavy atom. The predicted molar refractivity (Wildman–Crippen MR) is 132 cm³/mol. The van der Waals surface area contributed by atoms with Crippen molar-refractivity contribution < 1.29 is 4.74 Å². The smallest absolute Gasteiger partial charge is 0.332 e. The molecule has 0 spiro atoms. The van der Waals surface area contributed by atoms with Crippen LogP contribution in [0, 0.1) is 6.92 Å². The SMILES string of the molecule is COc1ccc(Br)cc1C=NNc1nc2c(c(=O)n(C)c(=O)n2C)n1Cc1cccc(C)c1. The molecule has 0 aliphatic rings. The average Bonchev–Trinajstić information content (AvgIpc) is 3.14. The highest BCUT2D eigenvalue weighted by Gasteiger charge is 2.19. The van der Waals surface area contributed by atoms with Gasteiger partial charge >= 0.3 is 5.69 Å². The number of ether oxygens (including phenoxy) is 1. The first-order valence-electron chi connectivity index (χ1n) is 10.1. The Balaban J connectivity index is 1.83. The summed E-state index contributed by atoms with van der Waals surface area (Å²) in [7, 11) is 4.64. The zero-order chi connectivity index (χ0) is 23.7. The Morgan fingerprint density at radius 2 is 1.94 bits per heavy atom. The molecule has 33 heavy (non-hydrogen) atoms. The Hall–Kier alpha value is -3.66. The van der Waals surface area contributed by atoms with Crippen LogP contribution in [-0.4, -0.2) is 32.0 Å². The highest BCUT2D eigenvalue weighted by molar-refractivity contribution is 9.10. The Labute approximate surface area is 198 Å². The van der Waals surface area contributed by atoms with Gasteiger partial charge in [-0.25, -0.2) is 10.2 Å². The first kappa shape index (κ1) is 22.5. The maximum Gasteiger partial charge on any atom is 0.332 e. The largest absolute Gasteiger partial charge is 0.496 e. The molecule has 9 nitrogen and oxygen atoms in total. The van der Waals surface area contributed by atoms with Gasteiger partial charge in [-0.2, -0.15) is 10.1 Å². The molecule has 170 valence electrons. The van der Waals surface area contributed by atoms with Crippen LogP contribution in [0.4, 0.5) is 5.95 Å². The Kier molecular flexibility index (Phi) is 6.19. The quantitative estimate of drug-likeness (QED) is 0.317. The minimum absolute atomic E-state index is 0.286. The molecule has 0 aliphatic heterocycles. The van der Waals surface area contributed by atoms with Gasteiger partial charge in [-0.05, 0) is 30.7 Å². The maximum atomic E-state index is 13.0. The molecule has 0 bridgehead atoms. The molecular formula is C23H23BrN6O3. The van der Waals surface area contributed by atoms with Gasteiger partial charge in [-0.3, -0.25) is 18.5 Å². The van der Waals surface area contributed by atoms with E-state index >= 15 is 0 Å². The molecule has 0 atom stereocenters. The van der Waals surface area contributed by atoms with Crippen molar-refractivity contribution in [1.29, 1.82) is 0 Å². The standard InChI is InChI=1S/C23H23BrN6O3/c1-14-6-5-7-15(10-14)13-30-19-20(28(2)23(32)29(3)21(19)31)26-22(30)27-25-12-16-11-17(24)8-9-18(16)33-4/h5-12H,13H2,1-4H3,(H,26,27). The lowest BCUT2D eigenvalue weighted by Gasteiger charge is -2.10. The molecule has 0 saturated carbocycles. The van der Waals surface area contributed by atoms with Crippen molar-refractivity contribution in [2.24, 2.45) is 19.2 Å². The van der Waals surface area contributed by atoms with Gasteiger partial charge in [-0.15, -0.1) is 0 Å². The summed E-state index contributed by atoms with van der Waals surface area (Å²) in [6.07, 6.45) is 1.61. The number of rotatable bonds is 6. The molecule has 0 saturated heterocycles. The van der Waals surface area contributed by atoms with Crippen molar-refractivity contribution in [2.45, 2.75) is 13.5 Å². The van der Waals surface area contributed by atoms with Gasteiger partial charge in [0.25, 0.3) is 5.56 Å². The lowest BCUT2D eigenvalue weighted by atomic mass is 10.1. The number of fused-ring (bicyclic) bond motifs is 1. The number of benzene rings is 2. The van der Waals surface area contributed by atoms with Gasteiger partial charge in [0.05, 0.1) is 19.9 Å². The highest BCUT2D eigenvalue weighted by Crippen LogP contribution is 2.22. The number of nitrogens with zero attached hydrogens (tertiary/aromatic N) is 5. The summed E-state index contributed by atoms with van der Waals surface area (Å²) in [6.45, 7) is 2.39. The van der Waals surface area contributed by atoms with Gasteiger partial charge in [-0.1, -0.05) is 45.8 Å². The van der Waals surface area contributed by atoms with E-state index in [4.69, 9.17) is 4.74 Å². The van der Waals surface area contributed by atoms with E-state index in [2.05, 4.69) is 31.4 Å². The van der Waals surface area contributed by atoms with E-state index in [-0.39, 0.29) is 5.65 Å². The average molecular weight is 511 g/mol. The number of hydrogen-bond donors (Lipinski definition) is 1. The van der Waals surface area contributed by atoms with Crippen molar-refractivity contribution >= 4 is 39.3 Å². The molecule has 0 radical (unpaired) electrons. The molecule has 0 unspecified atom stereocenters. The monoisotopic (exact) mass is 510 g/mol. The third-order valence-corrected chi connectivity index (χ3v) is 5.82. The normalized spacial score (nSPS) is 11.4. The fourth-order valence-electron chi connectivity index (χ4n) is 3.64. The second-order valence-corrected chi connectivity index (χ2v) is 8.56. The number of aromatic nitrogens is 4. The number of imidazole rings is 1. The summed E-state index contributed by atoms with van der Waals surface area (Å²) >= 11 is 3.45. The third kappa shape index (κ3) is 4.34. The topological polar surface area (TPSA) is 95.4 Å². The third-order valence-electron chi connectivity index (χ3n) is 5.33. The number of halogens is 1. The molecule has 0 fully saturated rings. The van der Waals surface area contributed by atoms with Gasteiger partial charge in [0.1, 0.15) is 5.75 Å². The van der Waals surface area contributed by atoms with E-state index in [0.29, 0.717) is 23.8 Å². The van der Waals surface area contributed by atoms with Crippen molar-refractivity contribution in [1.82, 2.24) is 18.7 Å². The van der Waals surface area contributed by atoms with Crippen LogP contribution in [0.25, 0.3) is 11.2 Å².